The van der Waals surface area contributed by atoms with Crippen LogP contribution in [0.3, 0.4) is 0 Å². The first kappa shape index (κ1) is 21.1. The van der Waals surface area contributed by atoms with Crippen LogP contribution in [0, 0.1) is 6.92 Å². The van der Waals surface area contributed by atoms with Crippen LogP contribution in [0.25, 0.3) is 10.8 Å². The third-order valence-electron chi connectivity index (χ3n) is 5.16. The van der Waals surface area contributed by atoms with Crippen LogP contribution < -0.4 is 14.8 Å². The van der Waals surface area contributed by atoms with Gasteiger partial charge >= 0.3 is 0 Å². The molecule has 4 rings (SSSR count). The zero-order valence-corrected chi connectivity index (χ0v) is 18.1. The van der Waals surface area contributed by atoms with Crippen LogP contribution in [0.1, 0.15) is 15.9 Å². The summed E-state index contributed by atoms with van der Waals surface area (Å²) in [4.78, 5) is 13.2. The molecule has 160 valence electrons. The monoisotopic (exact) mass is 425 g/mol. The number of nitrogens with zero attached hydrogens (tertiary/aromatic N) is 2. The smallest absolute Gasteiger partial charge is 0.259 e. The topological polar surface area (TPSA) is 72.3 Å². The molecule has 6 heteroatoms. The van der Waals surface area contributed by atoms with Crippen molar-refractivity contribution in [2.45, 2.75) is 6.92 Å². The largest absolute Gasteiger partial charge is 0.494 e. The van der Waals surface area contributed by atoms with Gasteiger partial charge in [0.15, 0.2) is 5.75 Å². The van der Waals surface area contributed by atoms with E-state index < -0.39 is 0 Å². The normalized spacial score (nSPS) is 11.0. The van der Waals surface area contributed by atoms with E-state index in [0.29, 0.717) is 28.4 Å². The number of methoxy groups -OCH3 is 2. The van der Waals surface area contributed by atoms with Gasteiger partial charge in [-0.2, -0.15) is 0 Å². The van der Waals surface area contributed by atoms with E-state index in [1.54, 1.807) is 7.11 Å². The number of fused-ring (bicyclic) bond motifs is 1. The Morgan fingerprint density at radius 2 is 1.56 bits per heavy atom. The van der Waals surface area contributed by atoms with Crippen molar-refractivity contribution in [1.82, 2.24) is 0 Å². The molecule has 1 N–H and O–H groups in total. The van der Waals surface area contributed by atoms with Gasteiger partial charge in [-0.15, -0.1) is 10.2 Å². The second-order valence-corrected chi connectivity index (χ2v) is 7.17. The Labute approximate surface area is 186 Å². The average molecular weight is 425 g/mol. The number of carbonyl (C=O) groups is 1. The number of hydrogen-bond acceptors (Lipinski definition) is 5. The lowest BCUT2D eigenvalue weighted by atomic mass is 10.0. The van der Waals surface area contributed by atoms with Gasteiger partial charge in [-0.3, -0.25) is 4.79 Å². The van der Waals surface area contributed by atoms with Gasteiger partial charge in [0.05, 0.1) is 19.8 Å². The Bertz CT molecular complexity index is 1310. The van der Waals surface area contributed by atoms with Crippen molar-refractivity contribution in [2.24, 2.45) is 10.2 Å². The maximum absolute atomic E-state index is 13.2. The lowest BCUT2D eigenvalue weighted by Gasteiger charge is -2.15. The van der Waals surface area contributed by atoms with Crippen molar-refractivity contribution in [3.05, 3.63) is 90.0 Å². The van der Waals surface area contributed by atoms with E-state index in [2.05, 4.69) is 15.5 Å². The van der Waals surface area contributed by atoms with Gasteiger partial charge in [0, 0.05) is 11.1 Å². The molecule has 0 fully saturated rings. The Kier molecular flexibility index (Phi) is 6.12. The van der Waals surface area contributed by atoms with Gasteiger partial charge in [-0.25, -0.2) is 0 Å². The first-order chi connectivity index (χ1) is 15.6. The highest BCUT2D eigenvalue weighted by atomic mass is 16.5. The van der Waals surface area contributed by atoms with E-state index in [9.17, 15) is 4.79 Å². The van der Waals surface area contributed by atoms with Gasteiger partial charge in [-0.05, 0) is 42.1 Å². The summed E-state index contributed by atoms with van der Waals surface area (Å²) in [6.45, 7) is 1.94. The van der Waals surface area contributed by atoms with Gasteiger partial charge in [0.2, 0.25) is 0 Å². The molecule has 0 radical (unpaired) electrons. The lowest BCUT2D eigenvalue weighted by Crippen LogP contribution is -2.14. The van der Waals surface area contributed by atoms with Gasteiger partial charge in [-0.1, -0.05) is 54.6 Å². The lowest BCUT2D eigenvalue weighted by molar-refractivity contribution is 0.102. The summed E-state index contributed by atoms with van der Waals surface area (Å²) in [5, 5.41) is 13.5. The first-order valence-corrected chi connectivity index (χ1v) is 10.1. The number of hydrogen-bond donors (Lipinski definition) is 1. The molecule has 0 spiro atoms. The SMILES string of the molecule is COc1ccccc1N=Nc1c(OC)c(C(=O)Nc2ccccc2C)cc2ccccc12. The van der Waals surface area contributed by atoms with Crippen LogP contribution >= 0.6 is 0 Å². The third-order valence-corrected chi connectivity index (χ3v) is 5.16. The number of rotatable bonds is 6. The Morgan fingerprint density at radius 1 is 0.844 bits per heavy atom. The van der Waals surface area contributed by atoms with Gasteiger partial charge < -0.3 is 14.8 Å². The summed E-state index contributed by atoms with van der Waals surface area (Å²) in [6, 6.07) is 24.5. The number of amides is 1. The standard InChI is InChI=1S/C26H23N3O3/c1-17-10-4-7-13-21(17)27-26(30)20-16-18-11-5-6-12-19(18)24(25(20)32-3)29-28-22-14-8-9-15-23(22)31-2/h4-16H,1-3H3,(H,27,30). The third kappa shape index (κ3) is 4.16. The van der Waals surface area contributed by atoms with Crippen molar-refractivity contribution in [2.75, 3.05) is 19.5 Å². The number of anilines is 1. The second kappa shape index (κ2) is 9.31. The van der Waals surface area contributed by atoms with Crippen molar-refractivity contribution >= 4 is 33.7 Å². The summed E-state index contributed by atoms with van der Waals surface area (Å²) in [5.41, 5.74) is 3.15. The van der Waals surface area contributed by atoms with Crippen LogP contribution in [0.4, 0.5) is 17.1 Å². The number of azo groups is 1. The summed E-state index contributed by atoms with van der Waals surface area (Å²) >= 11 is 0. The van der Waals surface area contributed by atoms with E-state index >= 15 is 0 Å². The minimum absolute atomic E-state index is 0.282. The Morgan fingerprint density at radius 3 is 2.34 bits per heavy atom. The summed E-state index contributed by atoms with van der Waals surface area (Å²) < 4.78 is 11.0. The fourth-order valence-corrected chi connectivity index (χ4v) is 3.50. The van der Waals surface area contributed by atoms with Crippen molar-refractivity contribution in [1.29, 1.82) is 0 Å². The average Bonchev–Trinajstić information content (AvgIpc) is 2.83. The van der Waals surface area contributed by atoms with Crippen LogP contribution in [-0.2, 0) is 0 Å². The molecule has 0 aliphatic rings. The van der Waals surface area contributed by atoms with E-state index in [1.807, 2.05) is 85.8 Å². The Hall–Kier alpha value is -4.19. The molecule has 0 atom stereocenters. The van der Waals surface area contributed by atoms with Gasteiger partial charge in [0.25, 0.3) is 5.91 Å². The zero-order chi connectivity index (χ0) is 22.5. The minimum Gasteiger partial charge on any atom is -0.494 e. The highest BCUT2D eigenvalue weighted by Gasteiger charge is 2.20. The molecule has 0 aromatic heterocycles. The summed E-state index contributed by atoms with van der Waals surface area (Å²) in [5.74, 6) is 0.678. The fourth-order valence-electron chi connectivity index (χ4n) is 3.50. The molecule has 32 heavy (non-hydrogen) atoms. The molecule has 4 aromatic carbocycles. The predicted molar refractivity (Wildman–Crippen MR) is 127 cm³/mol. The van der Waals surface area contributed by atoms with E-state index in [4.69, 9.17) is 9.47 Å². The molecule has 0 heterocycles. The number of aryl methyl sites for hydroxylation is 1. The highest BCUT2D eigenvalue weighted by molar-refractivity contribution is 6.12. The van der Waals surface area contributed by atoms with E-state index in [-0.39, 0.29) is 5.91 Å². The second-order valence-electron chi connectivity index (χ2n) is 7.17. The predicted octanol–water partition coefficient (Wildman–Crippen LogP) is 6.83. The molecule has 0 aliphatic heterocycles. The number of para-hydroxylation sites is 2. The van der Waals surface area contributed by atoms with Crippen LogP contribution in [0.15, 0.2) is 89.1 Å². The molecule has 0 aliphatic carbocycles. The van der Waals surface area contributed by atoms with Crippen LogP contribution in [-0.4, -0.2) is 20.1 Å². The summed E-state index contributed by atoms with van der Waals surface area (Å²) in [6.07, 6.45) is 0. The van der Waals surface area contributed by atoms with Crippen LogP contribution in [0.2, 0.25) is 0 Å². The minimum atomic E-state index is -0.282. The highest BCUT2D eigenvalue weighted by Crippen LogP contribution is 2.41. The number of nitrogens with one attached hydrogen (secondary N) is 1. The molecule has 6 nitrogen and oxygen atoms in total. The van der Waals surface area contributed by atoms with Gasteiger partial charge in [0.1, 0.15) is 17.1 Å². The Balaban J connectivity index is 1.84. The maximum Gasteiger partial charge on any atom is 0.259 e. The van der Waals surface area contributed by atoms with E-state index in [1.165, 1.54) is 7.11 Å². The maximum atomic E-state index is 13.2. The van der Waals surface area contributed by atoms with Crippen molar-refractivity contribution < 1.29 is 14.3 Å². The molecule has 1 amide bonds. The molecule has 0 saturated heterocycles. The summed E-state index contributed by atoms with van der Waals surface area (Å²) in [7, 11) is 3.11. The zero-order valence-electron chi connectivity index (χ0n) is 18.1. The fraction of sp³-hybridized carbons (Fsp3) is 0.115. The number of carbonyl (C=O) groups excluding carboxylic acids is 1. The molecule has 0 unspecified atom stereocenters. The molecular weight excluding hydrogens is 402 g/mol. The quantitative estimate of drug-likeness (QED) is 0.344. The van der Waals surface area contributed by atoms with Crippen LogP contribution in [0.5, 0.6) is 11.5 Å². The van der Waals surface area contributed by atoms with Crippen molar-refractivity contribution in [3.63, 3.8) is 0 Å². The number of ether oxygens (including phenoxy) is 2. The molecule has 4 aromatic rings. The van der Waals surface area contributed by atoms with E-state index in [0.717, 1.165) is 22.0 Å². The first-order valence-electron chi connectivity index (χ1n) is 10.1. The molecule has 0 bridgehead atoms. The number of benzene rings is 4. The molecule has 0 saturated carbocycles. The molecular formula is C26H23N3O3. The van der Waals surface area contributed by atoms with Crippen molar-refractivity contribution in [3.8, 4) is 11.5 Å².